The van der Waals surface area contributed by atoms with Crippen LogP contribution in [-0.2, 0) is 11.2 Å². The van der Waals surface area contributed by atoms with Gasteiger partial charge in [-0.25, -0.2) is 4.79 Å². The van der Waals surface area contributed by atoms with E-state index in [1.54, 1.807) is 12.1 Å². The first-order valence-corrected chi connectivity index (χ1v) is 5.72. The Morgan fingerprint density at radius 1 is 1.33 bits per heavy atom. The maximum Gasteiger partial charge on any atom is 0.328 e. The molecular weight excluding hydrogens is 232 g/mol. The van der Waals surface area contributed by atoms with Crippen LogP contribution in [0.4, 0.5) is 0 Å². The van der Waals surface area contributed by atoms with Crippen LogP contribution >= 0.6 is 0 Å². The molecule has 5 nitrogen and oxygen atoms in total. The highest BCUT2D eigenvalue weighted by molar-refractivity contribution is 5.98. The zero-order valence-corrected chi connectivity index (χ0v) is 10.6. The maximum atomic E-state index is 12.0. The lowest BCUT2D eigenvalue weighted by molar-refractivity contribution is -0.143. The fraction of sp³-hybridized carbons (Fsp3) is 0.385. The average molecular weight is 250 g/mol. The van der Waals surface area contributed by atoms with Crippen molar-refractivity contribution < 1.29 is 14.7 Å². The quantitative estimate of drug-likeness (QED) is 0.720. The van der Waals surface area contributed by atoms with Gasteiger partial charge < -0.3 is 16.2 Å². The maximum absolute atomic E-state index is 12.0. The molecule has 0 fully saturated rings. The van der Waals surface area contributed by atoms with Gasteiger partial charge in [-0.2, -0.15) is 0 Å². The van der Waals surface area contributed by atoms with E-state index >= 15 is 0 Å². The van der Waals surface area contributed by atoms with Gasteiger partial charge in [-0.1, -0.05) is 18.2 Å². The number of hydrogen-bond acceptors (Lipinski definition) is 3. The molecule has 0 heterocycles. The van der Waals surface area contributed by atoms with Gasteiger partial charge in [0.05, 0.1) is 0 Å². The highest BCUT2D eigenvalue weighted by Gasteiger charge is 2.29. The zero-order valence-electron chi connectivity index (χ0n) is 10.6. The molecule has 1 rings (SSSR count). The Morgan fingerprint density at radius 2 is 1.94 bits per heavy atom. The minimum atomic E-state index is -1.30. The van der Waals surface area contributed by atoms with Crippen LogP contribution in [0.2, 0.25) is 0 Å². The van der Waals surface area contributed by atoms with E-state index in [1.807, 2.05) is 12.1 Å². The molecule has 0 aliphatic rings. The Hall–Kier alpha value is -1.88. The Labute approximate surface area is 106 Å². The first kappa shape index (κ1) is 14.2. The van der Waals surface area contributed by atoms with Gasteiger partial charge in [0.25, 0.3) is 5.91 Å². The number of carbonyl (C=O) groups excluding carboxylic acids is 1. The van der Waals surface area contributed by atoms with Crippen molar-refractivity contribution in [1.29, 1.82) is 0 Å². The lowest BCUT2D eigenvalue weighted by atomic mass is 10.0. The van der Waals surface area contributed by atoms with Crippen molar-refractivity contribution in [2.45, 2.75) is 25.8 Å². The van der Waals surface area contributed by atoms with Gasteiger partial charge in [-0.05, 0) is 38.4 Å². The fourth-order valence-corrected chi connectivity index (χ4v) is 1.52. The number of carboxylic acids is 1. The molecule has 0 bridgehead atoms. The van der Waals surface area contributed by atoms with Crippen molar-refractivity contribution in [3.05, 3.63) is 35.4 Å². The number of carboxylic acid groups (broad SMARTS) is 1. The second-order valence-electron chi connectivity index (χ2n) is 4.58. The molecule has 1 aromatic rings. The molecule has 4 N–H and O–H groups in total. The summed E-state index contributed by atoms with van der Waals surface area (Å²) in [6.45, 7) is 3.32. The van der Waals surface area contributed by atoms with Gasteiger partial charge in [-0.15, -0.1) is 0 Å². The average Bonchev–Trinajstić information content (AvgIpc) is 2.29. The number of nitrogens with one attached hydrogen (secondary N) is 1. The molecular formula is C13H18N2O3. The number of hydrogen-bond donors (Lipinski definition) is 3. The minimum Gasteiger partial charge on any atom is -0.480 e. The van der Waals surface area contributed by atoms with Crippen molar-refractivity contribution in [3.8, 4) is 0 Å². The Balaban J connectivity index is 2.94. The molecule has 0 saturated heterocycles. The van der Waals surface area contributed by atoms with Crippen LogP contribution in [-0.4, -0.2) is 29.1 Å². The van der Waals surface area contributed by atoms with Crippen LogP contribution in [0.15, 0.2) is 24.3 Å². The van der Waals surface area contributed by atoms with Crippen LogP contribution < -0.4 is 11.1 Å². The Bertz CT molecular complexity index is 455. The van der Waals surface area contributed by atoms with E-state index in [0.717, 1.165) is 5.56 Å². The molecule has 0 aliphatic heterocycles. The third kappa shape index (κ3) is 3.30. The molecule has 0 saturated carbocycles. The normalized spacial score (nSPS) is 11.1. The standard InChI is InChI=1S/C13H18N2O3/c1-13(2,12(17)18)15-11(16)10-6-4-3-5-9(10)7-8-14/h3-6H,7-8,14H2,1-2H3,(H,15,16)(H,17,18). The lowest BCUT2D eigenvalue weighted by Gasteiger charge is -2.21. The molecule has 0 unspecified atom stereocenters. The molecule has 0 aromatic heterocycles. The highest BCUT2D eigenvalue weighted by atomic mass is 16.4. The van der Waals surface area contributed by atoms with Crippen LogP contribution in [0.3, 0.4) is 0 Å². The Kier molecular flexibility index (Phi) is 4.44. The van der Waals surface area contributed by atoms with Crippen molar-refractivity contribution in [2.24, 2.45) is 5.73 Å². The second-order valence-corrected chi connectivity index (χ2v) is 4.58. The van der Waals surface area contributed by atoms with Crippen LogP contribution in [0.1, 0.15) is 29.8 Å². The lowest BCUT2D eigenvalue weighted by Crippen LogP contribution is -2.49. The molecule has 0 spiro atoms. The number of carbonyl (C=O) groups is 2. The molecule has 0 radical (unpaired) electrons. The number of aliphatic carboxylic acids is 1. The molecule has 1 aromatic carbocycles. The summed E-state index contributed by atoms with van der Waals surface area (Å²) in [5.41, 5.74) is 5.47. The topological polar surface area (TPSA) is 92.4 Å². The van der Waals surface area contributed by atoms with E-state index in [2.05, 4.69) is 5.32 Å². The molecule has 98 valence electrons. The van der Waals surface area contributed by atoms with Gasteiger partial charge in [-0.3, -0.25) is 4.79 Å². The zero-order chi connectivity index (χ0) is 13.8. The van der Waals surface area contributed by atoms with Crippen LogP contribution in [0.5, 0.6) is 0 Å². The SMILES string of the molecule is CC(C)(NC(=O)c1ccccc1CCN)C(=O)O. The summed E-state index contributed by atoms with van der Waals surface area (Å²) in [7, 11) is 0. The third-order valence-electron chi connectivity index (χ3n) is 2.64. The van der Waals surface area contributed by atoms with E-state index < -0.39 is 17.4 Å². The van der Waals surface area contributed by atoms with Gasteiger partial charge in [0.2, 0.25) is 0 Å². The third-order valence-corrected chi connectivity index (χ3v) is 2.64. The summed E-state index contributed by atoms with van der Waals surface area (Å²) in [6, 6.07) is 7.04. The highest BCUT2D eigenvalue weighted by Crippen LogP contribution is 2.11. The van der Waals surface area contributed by atoms with Crippen molar-refractivity contribution >= 4 is 11.9 Å². The fourth-order valence-electron chi connectivity index (χ4n) is 1.52. The molecule has 1 amide bonds. The van der Waals surface area contributed by atoms with Gasteiger partial charge in [0, 0.05) is 5.56 Å². The number of rotatable bonds is 5. The summed E-state index contributed by atoms with van der Waals surface area (Å²) in [4.78, 5) is 23.0. The summed E-state index contributed by atoms with van der Waals surface area (Å²) >= 11 is 0. The number of nitrogens with two attached hydrogens (primary N) is 1. The summed E-state index contributed by atoms with van der Waals surface area (Å²) < 4.78 is 0. The summed E-state index contributed by atoms with van der Waals surface area (Å²) in [5.74, 6) is -1.47. The monoisotopic (exact) mass is 250 g/mol. The summed E-state index contributed by atoms with van der Waals surface area (Å²) in [5, 5.41) is 11.5. The van der Waals surface area contributed by atoms with E-state index in [1.165, 1.54) is 13.8 Å². The van der Waals surface area contributed by atoms with Crippen LogP contribution in [0.25, 0.3) is 0 Å². The summed E-state index contributed by atoms with van der Waals surface area (Å²) in [6.07, 6.45) is 0.580. The van der Waals surface area contributed by atoms with Crippen LogP contribution in [0, 0.1) is 0 Å². The predicted molar refractivity (Wildman–Crippen MR) is 68.4 cm³/mol. The number of benzene rings is 1. The van der Waals surface area contributed by atoms with Gasteiger partial charge in [0.15, 0.2) is 0 Å². The first-order chi connectivity index (χ1) is 8.38. The van der Waals surface area contributed by atoms with E-state index in [-0.39, 0.29) is 0 Å². The van der Waals surface area contributed by atoms with Crippen molar-refractivity contribution in [3.63, 3.8) is 0 Å². The van der Waals surface area contributed by atoms with Gasteiger partial charge >= 0.3 is 5.97 Å². The van der Waals surface area contributed by atoms with Crippen molar-refractivity contribution in [1.82, 2.24) is 5.32 Å². The van der Waals surface area contributed by atoms with E-state index in [9.17, 15) is 9.59 Å². The molecule has 5 heteroatoms. The number of amides is 1. The first-order valence-electron chi connectivity index (χ1n) is 5.72. The minimum absolute atomic E-state index is 0.397. The molecule has 0 aliphatic carbocycles. The Morgan fingerprint density at radius 3 is 2.50 bits per heavy atom. The van der Waals surface area contributed by atoms with Gasteiger partial charge in [0.1, 0.15) is 5.54 Å². The molecule has 18 heavy (non-hydrogen) atoms. The van der Waals surface area contributed by atoms with Crippen molar-refractivity contribution in [2.75, 3.05) is 6.54 Å². The second kappa shape index (κ2) is 5.64. The van der Waals surface area contributed by atoms with E-state index in [4.69, 9.17) is 10.8 Å². The predicted octanol–water partition coefficient (Wildman–Crippen LogP) is 0.781. The largest absolute Gasteiger partial charge is 0.480 e. The van der Waals surface area contributed by atoms with E-state index in [0.29, 0.717) is 18.5 Å². The molecule has 0 atom stereocenters. The smallest absolute Gasteiger partial charge is 0.328 e.